The number of unbranched alkanes of at least 4 members (excludes halogenated alkanes) is 1. The number of hydrogen-bond donors (Lipinski definition) is 1. The summed E-state index contributed by atoms with van der Waals surface area (Å²) >= 11 is 0. The molecule has 9 nitrogen and oxygen atoms in total. The topological polar surface area (TPSA) is 93.1 Å². The first-order valence-corrected chi connectivity index (χ1v) is 14.0. The van der Waals surface area contributed by atoms with Crippen molar-refractivity contribution >= 4 is 23.0 Å². The van der Waals surface area contributed by atoms with Crippen molar-refractivity contribution in [3.05, 3.63) is 77.6 Å². The second-order valence-electron chi connectivity index (χ2n) is 9.55. The fourth-order valence-electron chi connectivity index (χ4n) is 4.82. The van der Waals surface area contributed by atoms with E-state index in [2.05, 4.69) is 16.0 Å². The Kier molecular flexibility index (Phi) is 10.7. The minimum Gasteiger partial charge on any atom is -0.493 e. The van der Waals surface area contributed by atoms with Gasteiger partial charge in [-0.3, -0.25) is 4.79 Å². The zero-order valence-corrected chi connectivity index (χ0v) is 24.9. The van der Waals surface area contributed by atoms with Crippen molar-refractivity contribution in [2.45, 2.75) is 32.7 Å². The molecule has 0 fully saturated rings. The number of hydrogen-bond acceptors (Lipinski definition) is 7. The number of ether oxygens (including phenoxy) is 5. The summed E-state index contributed by atoms with van der Waals surface area (Å²) in [4.78, 5) is 17.8. The van der Waals surface area contributed by atoms with E-state index in [4.69, 9.17) is 28.7 Å². The Labute approximate surface area is 247 Å². The third-order valence-corrected chi connectivity index (χ3v) is 6.88. The predicted molar refractivity (Wildman–Crippen MR) is 164 cm³/mol. The lowest BCUT2D eigenvalue weighted by atomic mass is 10.1. The van der Waals surface area contributed by atoms with Gasteiger partial charge in [0.2, 0.25) is 5.75 Å². The van der Waals surface area contributed by atoms with Crippen LogP contribution >= 0.6 is 0 Å². The summed E-state index contributed by atoms with van der Waals surface area (Å²) < 4.78 is 29.9. The number of benzene rings is 3. The van der Waals surface area contributed by atoms with Crippen LogP contribution in [0.5, 0.6) is 28.7 Å². The van der Waals surface area contributed by atoms with Gasteiger partial charge in [-0.15, -0.1) is 0 Å². The molecule has 0 aliphatic carbocycles. The summed E-state index contributed by atoms with van der Waals surface area (Å²) in [6.07, 6.45) is 6.37. The van der Waals surface area contributed by atoms with Gasteiger partial charge in [-0.25, -0.2) is 4.98 Å². The van der Waals surface area contributed by atoms with Crippen LogP contribution in [0.25, 0.3) is 17.1 Å². The average molecular weight is 574 g/mol. The highest BCUT2D eigenvalue weighted by molar-refractivity contribution is 5.95. The molecule has 3 aromatic carbocycles. The molecule has 4 rings (SSSR count). The van der Waals surface area contributed by atoms with E-state index in [1.807, 2.05) is 55.5 Å². The number of rotatable bonds is 15. The Morgan fingerprint density at radius 2 is 1.62 bits per heavy atom. The minimum atomic E-state index is -0.233. The second-order valence-corrected chi connectivity index (χ2v) is 9.55. The molecular formula is C33H39N3O6. The van der Waals surface area contributed by atoms with Gasteiger partial charge in [-0.05, 0) is 61.7 Å². The molecule has 0 unspecified atom stereocenters. The molecule has 0 saturated heterocycles. The van der Waals surface area contributed by atoms with Gasteiger partial charge < -0.3 is 33.6 Å². The highest BCUT2D eigenvalue weighted by Crippen LogP contribution is 2.38. The fourth-order valence-corrected chi connectivity index (χ4v) is 4.82. The molecule has 1 aromatic heterocycles. The zero-order valence-electron chi connectivity index (χ0n) is 24.9. The van der Waals surface area contributed by atoms with E-state index in [1.165, 1.54) is 21.3 Å². The van der Waals surface area contributed by atoms with Gasteiger partial charge in [0.1, 0.15) is 5.82 Å². The molecule has 0 bridgehead atoms. The molecular weight excluding hydrogens is 534 g/mol. The molecule has 0 aliphatic rings. The lowest BCUT2D eigenvalue weighted by Crippen LogP contribution is -2.26. The van der Waals surface area contributed by atoms with Crippen LogP contribution in [-0.4, -0.2) is 57.0 Å². The first kappa shape index (κ1) is 30.3. The molecule has 222 valence electrons. The first-order chi connectivity index (χ1) is 20.5. The molecule has 0 radical (unpaired) electrons. The maximum atomic E-state index is 13.0. The highest BCUT2D eigenvalue weighted by atomic mass is 16.5. The smallest absolute Gasteiger partial charge is 0.251 e. The largest absolute Gasteiger partial charge is 0.493 e. The van der Waals surface area contributed by atoms with E-state index in [1.54, 1.807) is 19.2 Å². The first-order valence-electron chi connectivity index (χ1n) is 14.0. The van der Waals surface area contributed by atoms with Gasteiger partial charge in [-0.1, -0.05) is 30.4 Å². The summed E-state index contributed by atoms with van der Waals surface area (Å²) in [5.41, 5.74) is 3.50. The number of methoxy groups -OCH3 is 4. The summed E-state index contributed by atoms with van der Waals surface area (Å²) in [6.45, 7) is 3.77. The minimum absolute atomic E-state index is 0.233. The SMILES string of the molecule is C/C=C/c1ccc(OCCCCn2c(CCNC(=O)c3cc(OC)c(OC)c(OC)c3)nc3ccccc32)c(OC)c1. The molecule has 1 amide bonds. The summed E-state index contributed by atoms with van der Waals surface area (Å²) in [5, 5.41) is 3.00. The third-order valence-electron chi connectivity index (χ3n) is 6.88. The van der Waals surface area contributed by atoms with Gasteiger partial charge in [0.05, 0.1) is 46.1 Å². The molecule has 0 aliphatic heterocycles. The number of carbonyl (C=O) groups excluding carboxylic acids is 1. The maximum Gasteiger partial charge on any atom is 0.251 e. The Balaban J connectivity index is 1.36. The Morgan fingerprint density at radius 1 is 0.881 bits per heavy atom. The van der Waals surface area contributed by atoms with E-state index in [0.29, 0.717) is 42.4 Å². The van der Waals surface area contributed by atoms with Gasteiger partial charge in [-0.2, -0.15) is 0 Å². The zero-order chi connectivity index (χ0) is 29.9. The highest BCUT2D eigenvalue weighted by Gasteiger charge is 2.17. The van der Waals surface area contributed by atoms with E-state index >= 15 is 0 Å². The summed E-state index contributed by atoms with van der Waals surface area (Å²) in [6, 6.07) is 17.3. The van der Waals surface area contributed by atoms with Crippen molar-refractivity contribution in [3.8, 4) is 28.7 Å². The number of imidazole rings is 1. The van der Waals surface area contributed by atoms with Crippen molar-refractivity contribution < 1.29 is 28.5 Å². The molecule has 42 heavy (non-hydrogen) atoms. The number of fused-ring (bicyclic) bond motifs is 1. The van der Waals surface area contributed by atoms with E-state index in [-0.39, 0.29) is 5.91 Å². The normalized spacial score (nSPS) is 11.1. The number of aryl methyl sites for hydroxylation is 1. The monoisotopic (exact) mass is 573 g/mol. The van der Waals surface area contributed by atoms with Gasteiger partial charge in [0, 0.05) is 25.1 Å². The third kappa shape index (κ3) is 7.15. The lowest BCUT2D eigenvalue weighted by molar-refractivity contribution is 0.0953. The van der Waals surface area contributed by atoms with Crippen LogP contribution in [0.4, 0.5) is 0 Å². The van der Waals surface area contributed by atoms with Crippen LogP contribution in [-0.2, 0) is 13.0 Å². The Morgan fingerprint density at radius 3 is 2.31 bits per heavy atom. The van der Waals surface area contributed by atoms with E-state index in [9.17, 15) is 4.79 Å². The number of allylic oxidation sites excluding steroid dienone is 1. The summed E-state index contributed by atoms with van der Waals surface area (Å²) in [5.74, 6) is 3.45. The van der Waals surface area contributed by atoms with Gasteiger partial charge >= 0.3 is 0 Å². The van der Waals surface area contributed by atoms with Crippen LogP contribution < -0.4 is 29.0 Å². The number of nitrogens with zero attached hydrogens (tertiary/aromatic N) is 2. The predicted octanol–water partition coefficient (Wildman–Crippen LogP) is 5.94. The lowest BCUT2D eigenvalue weighted by Gasteiger charge is -2.14. The molecule has 0 spiro atoms. The van der Waals surface area contributed by atoms with Crippen LogP contribution in [0.1, 0.15) is 41.5 Å². The molecule has 1 N–H and O–H groups in total. The van der Waals surface area contributed by atoms with Crippen LogP contribution in [0, 0.1) is 0 Å². The average Bonchev–Trinajstić information content (AvgIpc) is 3.37. The van der Waals surface area contributed by atoms with Crippen molar-refractivity contribution in [1.82, 2.24) is 14.9 Å². The quantitative estimate of drug-likeness (QED) is 0.176. The number of aromatic nitrogens is 2. The van der Waals surface area contributed by atoms with Crippen LogP contribution in [0.2, 0.25) is 0 Å². The number of amides is 1. The summed E-state index contributed by atoms with van der Waals surface area (Å²) in [7, 11) is 6.23. The van der Waals surface area contributed by atoms with Gasteiger partial charge in [0.25, 0.3) is 5.91 Å². The Bertz CT molecular complexity index is 1500. The Hall–Kier alpha value is -4.66. The number of carbonyl (C=O) groups is 1. The molecule has 9 heteroatoms. The van der Waals surface area contributed by atoms with Gasteiger partial charge in [0.15, 0.2) is 23.0 Å². The van der Waals surface area contributed by atoms with Crippen LogP contribution in [0.15, 0.2) is 60.7 Å². The number of para-hydroxylation sites is 2. The molecule has 1 heterocycles. The van der Waals surface area contributed by atoms with E-state index in [0.717, 1.165) is 53.3 Å². The second kappa shape index (κ2) is 14.8. The fraction of sp³-hybridized carbons (Fsp3) is 0.333. The van der Waals surface area contributed by atoms with Crippen molar-refractivity contribution in [2.75, 3.05) is 41.6 Å². The molecule has 0 atom stereocenters. The standard InChI is InChI=1S/C33H39N3O6/c1-6-11-23-14-15-27(28(20-23)38-2)42-19-10-9-18-36-26-13-8-7-12-25(26)35-31(36)16-17-34-33(37)24-21-29(39-3)32(41-5)30(22-24)40-4/h6-8,11-15,20-22H,9-10,16-19H2,1-5H3,(H,34,37)/b11-6+. The number of nitrogens with one attached hydrogen (secondary N) is 1. The maximum absolute atomic E-state index is 13.0. The van der Waals surface area contributed by atoms with Crippen molar-refractivity contribution in [3.63, 3.8) is 0 Å². The van der Waals surface area contributed by atoms with Crippen molar-refractivity contribution in [1.29, 1.82) is 0 Å². The molecule has 0 saturated carbocycles. The van der Waals surface area contributed by atoms with Crippen LogP contribution in [0.3, 0.4) is 0 Å². The van der Waals surface area contributed by atoms with E-state index < -0.39 is 0 Å². The van der Waals surface area contributed by atoms with Crippen molar-refractivity contribution in [2.24, 2.45) is 0 Å². The molecule has 4 aromatic rings.